The van der Waals surface area contributed by atoms with Gasteiger partial charge in [-0.25, -0.2) is 0 Å². The molecule has 84 valence electrons. The van der Waals surface area contributed by atoms with Crippen molar-refractivity contribution < 1.29 is 9.59 Å². The van der Waals surface area contributed by atoms with Crippen LogP contribution in [0.4, 0.5) is 0 Å². The molecule has 0 spiro atoms. The number of hydrogen-bond acceptors (Lipinski definition) is 4. The largest absolute Gasteiger partial charge is 0.305 e. The van der Waals surface area contributed by atoms with Crippen LogP contribution in [0.2, 0.25) is 0 Å². The van der Waals surface area contributed by atoms with Gasteiger partial charge in [-0.3, -0.25) is 19.9 Å². The summed E-state index contributed by atoms with van der Waals surface area (Å²) in [5.74, 6) is -0.430. The van der Waals surface area contributed by atoms with E-state index in [1.165, 1.54) is 0 Å². The molecule has 16 heavy (non-hydrogen) atoms. The van der Waals surface area contributed by atoms with Gasteiger partial charge in [0, 0.05) is 12.4 Å². The standard InChI is InChI=1S/C11H13N3O2/c15-10-6-9(11(16)14-10)13-5-3-8-2-1-4-12-7-8/h1-2,4,7,9,13H,3,5-6H2,(H,14,15,16). The molecule has 1 aliphatic heterocycles. The maximum atomic E-state index is 11.2. The van der Waals surface area contributed by atoms with Crippen LogP contribution in [-0.4, -0.2) is 29.4 Å². The third-order valence-corrected chi connectivity index (χ3v) is 2.50. The molecule has 2 amide bonds. The van der Waals surface area contributed by atoms with Crippen molar-refractivity contribution in [2.24, 2.45) is 0 Å². The highest BCUT2D eigenvalue weighted by molar-refractivity contribution is 6.05. The van der Waals surface area contributed by atoms with Crippen LogP contribution in [0.15, 0.2) is 24.5 Å². The van der Waals surface area contributed by atoms with Crippen molar-refractivity contribution in [2.75, 3.05) is 6.54 Å². The molecule has 1 unspecified atom stereocenters. The third-order valence-electron chi connectivity index (χ3n) is 2.50. The molecule has 0 radical (unpaired) electrons. The predicted octanol–water partition coefficient (Wildman–Crippen LogP) is -0.371. The summed E-state index contributed by atoms with van der Waals surface area (Å²) in [7, 11) is 0. The van der Waals surface area contributed by atoms with Gasteiger partial charge in [0.2, 0.25) is 11.8 Å². The molecule has 0 aromatic carbocycles. The Kier molecular flexibility index (Phi) is 3.26. The van der Waals surface area contributed by atoms with Gasteiger partial charge in [-0.15, -0.1) is 0 Å². The van der Waals surface area contributed by atoms with E-state index in [-0.39, 0.29) is 24.3 Å². The molecular formula is C11H13N3O2. The molecule has 2 heterocycles. The van der Waals surface area contributed by atoms with Crippen molar-refractivity contribution in [3.63, 3.8) is 0 Å². The minimum absolute atomic E-state index is 0.205. The molecule has 1 saturated heterocycles. The number of amides is 2. The maximum absolute atomic E-state index is 11.2. The Labute approximate surface area is 93.3 Å². The molecule has 0 aliphatic carbocycles. The molecular weight excluding hydrogens is 206 g/mol. The van der Waals surface area contributed by atoms with Gasteiger partial charge in [0.1, 0.15) is 0 Å². The lowest BCUT2D eigenvalue weighted by Crippen LogP contribution is -2.37. The minimum atomic E-state index is -0.371. The number of pyridine rings is 1. The SMILES string of the molecule is O=C1CC(NCCc2cccnc2)C(=O)N1. The zero-order valence-electron chi connectivity index (χ0n) is 8.77. The summed E-state index contributed by atoms with van der Waals surface area (Å²) in [6.45, 7) is 0.664. The van der Waals surface area contributed by atoms with Crippen LogP contribution in [-0.2, 0) is 16.0 Å². The van der Waals surface area contributed by atoms with E-state index in [9.17, 15) is 9.59 Å². The maximum Gasteiger partial charge on any atom is 0.244 e. The van der Waals surface area contributed by atoms with Crippen LogP contribution < -0.4 is 10.6 Å². The van der Waals surface area contributed by atoms with Crippen LogP contribution >= 0.6 is 0 Å². The fraction of sp³-hybridized carbons (Fsp3) is 0.364. The summed E-state index contributed by atoms with van der Waals surface area (Å²) in [6, 6.07) is 3.49. The number of rotatable bonds is 4. The first-order chi connectivity index (χ1) is 7.75. The van der Waals surface area contributed by atoms with Gasteiger partial charge in [0.15, 0.2) is 0 Å². The average Bonchev–Trinajstić information content (AvgIpc) is 2.59. The fourth-order valence-electron chi connectivity index (χ4n) is 1.66. The minimum Gasteiger partial charge on any atom is -0.305 e. The topological polar surface area (TPSA) is 71.1 Å². The van der Waals surface area contributed by atoms with Crippen molar-refractivity contribution >= 4 is 11.8 Å². The molecule has 1 fully saturated rings. The molecule has 0 bridgehead atoms. The molecule has 0 saturated carbocycles. The summed E-state index contributed by atoms with van der Waals surface area (Å²) in [5, 5.41) is 5.31. The lowest BCUT2D eigenvalue weighted by atomic mass is 10.2. The number of nitrogens with one attached hydrogen (secondary N) is 2. The second-order valence-corrected chi connectivity index (χ2v) is 3.73. The Morgan fingerprint density at radius 2 is 2.38 bits per heavy atom. The van der Waals surface area contributed by atoms with E-state index in [1.54, 1.807) is 12.4 Å². The number of aromatic nitrogens is 1. The van der Waals surface area contributed by atoms with Crippen LogP contribution in [0, 0.1) is 0 Å². The molecule has 5 nitrogen and oxygen atoms in total. The van der Waals surface area contributed by atoms with Gasteiger partial charge in [0.05, 0.1) is 12.5 Å². The van der Waals surface area contributed by atoms with Gasteiger partial charge in [0.25, 0.3) is 0 Å². The normalized spacial score (nSPS) is 19.9. The Morgan fingerprint density at radius 3 is 3.00 bits per heavy atom. The number of hydrogen-bond donors (Lipinski definition) is 2. The summed E-state index contributed by atoms with van der Waals surface area (Å²) < 4.78 is 0. The van der Waals surface area contributed by atoms with Crippen molar-refractivity contribution in [3.05, 3.63) is 30.1 Å². The molecule has 2 N–H and O–H groups in total. The summed E-state index contributed by atoms with van der Waals surface area (Å²) in [4.78, 5) is 26.1. The van der Waals surface area contributed by atoms with Crippen LogP contribution in [0.1, 0.15) is 12.0 Å². The van der Waals surface area contributed by atoms with Crippen molar-refractivity contribution in [3.8, 4) is 0 Å². The van der Waals surface area contributed by atoms with Gasteiger partial charge in [-0.05, 0) is 24.6 Å². The zero-order chi connectivity index (χ0) is 11.4. The number of carbonyl (C=O) groups excluding carboxylic acids is 2. The van der Waals surface area contributed by atoms with Gasteiger partial charge < -0.3 is 5.32 Å². The first-order valence-corrected chi connectivity index (χ1v) is 5.21. The van der Waals surface area contributed by atoms with Crippen molar-refractivity contribution in [1.29, 1.82) is 0 Å². The van der Waals surface area contributed by atoms with E-state index in [0.29, 0.717) is 6.54 Å². The predicted molar refractivity (Wildman–Crippen MR) is 57.5 cm³/mol. The quantitative estimate of drug-likeness (QED) is 0.678. The van der Waals surface area contributed by atoms with Crippen LogP contribution in [0.5, 0.6) is 0 Å². The van der Waals surface area contributed by atoms with E-state index in [4.69, 9.17) is 0 Å². The fourth-order valence-corrected chi connectivity index (χ4v) is 1.66. The van der Waals surface area contributed by atoms with Gasteiger partial charge in [-0.1, -0.05) is 6.07 Å². The lowest BCUT2D eigenvalue weighted by molar-refractivity contribution is -0.125. The summed E-state index contributed by atoms with van der Waals surface area (Å²) >= 11 is 0. The molecule has 1 aromatic heterocycles. The zero-order valence-corrected chi connectivity index (χ0v) is 8.77. The van der Waals surface area contributed by atoms with E-state index in [1.807, 2.05) is 12.1 Å². The molecule has 5 heteroatoms. The van der Waals surface area contributed by atoms with Crippen molar-refractivity contribution in [2.45, 2.75) is 18.9 Å². The van der Waals surface area contributed by atoms with Crippen molar-refractivity contribution in [1.82, 2.24) is 15.6 Å². The molecule has 1 aromatic rings. The monoisotopic (exact) mass is 219 g/mol. The molecule has 1 atom stereocenters. The lowest BCUT2D eigenvalue weighted by Gasteiger charge is -2.08. The number of imide groups is 1. The summed E-state index contributed by atoms with van der Waals surface area (Å²) in [5.41, 5.74) is 1.11. The number of carbonyl (C=O) groups is 2. The first kappa shape index (κ1) is 10.8. The Hall–Kier alpha value is -1.75. The average molecular weight is 219 g/mol. The molecule has 1 aliphatic rings. The van der Waals surface area contributed by atoms with E-state index in [2.05, 4.69) is 15.6 Å². The van der Waals surface area contributed by atoms with Gasteiger partial charge in [-0.2, -0.15) is 0 Å². The van der Waals surface area contributed by atoms with E-state index < -0.39 is 0 Å². The summed E-state index contributed by atoms with van der Waals surface area (Å²) in [6.07, 6.45) is 4.55. The first-order valence-electron chi connectivity index (χ1n) is 5.21. The van der Waals surface area contributed by atoms with Crippen LogP contribution in [0.3, 0.4) is 0 Å². The second-order valence-electron chi connectivity index (χ2n) is 3.73. The van der Waals surface area contributed by atoms with E-state index in [0.717, 1.165) is 12.0 Å². The van der Waals surface area contributed by atoms with Gasteiger partial charge >= 0.3 is 0 Å². The Balaban J connectivity index is 1.76. The van der Waals surface area contributed by atoms with E-state index >= 15 is 0 Å². The Morgan fingerprint density at radius 1 is 1.50 bits per heavy atom. The second kappa shape index (κ2) is 4.85. The molecule has 2 rings (SSSR count). The Bertz CT molecular complexity index is 391. The highest BCUT2D eigenvalue weighted by Gasteiger charge is 2.29. The highest BCUT2D eigenvalue weighted by Crippen LogP contribution is 2.02. The van der Waals surface area contributed by atoms with Crippen LogP contribution in [0.25, 0.3) is 0 Å². The smallest absolute Gasteiger partial charge is 0.244 e. The third kappa shape index (κ3) is 2.64. The number of nitrogens with zero attached hydrogens (tertiary/aromatic N) is 1. The highest BCUT2D eigenvalue weighted by atomic mass is 16.2.